The molecule has 20 heavy (non-hydrogen) atoms. The summed E-state index contributed by atoms with van der Waals surface area (Å²) in [5.41, 5.74) is 1.70. The Kier molecular flexibility index (Phi) is 6.73. The van der Waals surface area contributed by atoms with Crippen LogP contribution in [0, 0.1) is 0 Å². The van der Waals surface area contributed by atoms with Gasteiger partial charge in [0.05, 0.1) is 0 Å². The molecule has 5 heteroatoms. The molecular weight excluding hydrogens is 256 g/mol. The lowest BCUT2D eigenvalue weighted by atomic mass is 10.1. The molecule has 0 saturated carbocycles. The number of benzene rings is 1. The first-order valence-electron chi connectivity index (χ1n) is 6.74. The van der Waals surface area contributed by atoms with Crippen LogP contribution < -0.4 is 5.32 Å². The quantitative estimate of drug-likeness (QED) is 0.747. The summed E-state index contributed by atoms with van der Waals surface area (Å²) in [7, 11) is 1.74. The average molecular weight is 278 g/mol. The van der Waals surface area contributed by atoms with Gasteiger partial charge in [0.15, 0.2) is 0 Å². The molecular formula is C15H22N2O3. The number of unbranched alkanes of at least 4 members (excludes halogenated alkanes) is 1. The monoisotopic (exact) mass is 278 g/mol. The summed E-state index contributed by atoms with van der Waals surface area (Å²) in [6.45, 7) is 2.15. The zero-order chi connectivity index (χ0) is 15.0. The molecule has 0 radical (unpaired) electrons. The second-order valence-corrected chi connectivity index (χ2v) is 4.80. The van der Waals surface area contributed by atoms with Crippen LogP contribution >= 0.6 is 0 Å². The molecule has 0 unspecified atom stereocenters. The summed E-state index contributed by atoms with van der Waals surface area (Å²) in [6, 6.07) is 7.46. The Bertz CT molecular complexity index is 460. The third kappa shape index (κ3) is 5.84. The van der Waals surface area contributed by atoms with Gasteiger partial charge in [-0.3, -0.25) is 9.59 Å². The Labute approximate surface area is 119 Å². The van der Waals surface area contributed by atoms with Gasteiger partial charge in [-0.2, -0.15) is 0 Å². The second-order valence-electron chi connectivity index (χ2n) is 4.80. The van der Waals surface area contributed by atoms with Crippen LogP contribution in [0.25, 0.3) is 0 Å². The van der Waals surface area contributed by atoms with Crippen LogP contribution in [0.5, 0.6) is 0 Å². The highest BCUT2D eigenvalue weighted by Gasteiger charge is 2.06. The minimum Gasteiger partial charge on any atom is -0.396 e. The minimum atomic E-state index is -0.0597. The molecule has 1 aromatic rings. The lowest BCUT2D eigenvalue weighted by Gasteiger charge is -2.15. The molecule has 0 heterocycles. The van der Waals surface area contributed by atoms with Crippen LogP contribution in [-0.4, -0.2) is 35.5 Å². The van der Waals surface area contributed by atoms with E-state index in [0.717, 1.165) is 11.3 Å². The molecule has 0 bridgehead atoms. The predicted octanol–water partition coefficient (Wildman–Crippen LogP) is 1.77. The highest BCUT2D eigenvalue weighted by atomic mass is 16.3. The van der Waals surface area contributed by atoms with E-state index in [1.165, 1.54) is 6.92 Å². The first-order chi connectivity index (χ1) is 9.52. The Morgan fingerprint density at radius 2 is 2.05 bits per heavy atom. The molecule has 2 N–H and O–H groups in total. The Morgan fingerprint density at radius 1 is 1.30 bits per heavy atom. The fourth-order valence-corrected chi connectivity index (χ4v) is 1.75. The van der Waals surface area contributed by atoms with Gasteiger partial charge in [-0.15, -0.1) is 0 Å². The number of anilines is 1. The van der Waals surface area contributed by atoms with Gasteiger partial charge in [0.2, 0.25) is 11.8 Å². The van der Waals surface area contributed by atoms with Crippen LogP contribution in [0.3, 0.4) is 0 Å². The summed E-state index contributed by atoms with van der Waals surface area (Å²) >= 11 is 0. The molecule has 1 rings (SSSR count). The lowest BCUT2D eigenvalue weighted by molar-refractivity contribution is -0.128. The maximum absolute atomic E-state index is 11.7. The maximum atomic E-state index is 11.7. The number of amides is 2. The smallest absolute Gasteiger partial charge is 0.224 e. The normalized spacial score (nSPS) is 10.2. The topological polar surface area (TPSA) is 69.6 Å². The van der Waals surface area contributed by atoms with Crippen LogP contribution in [-0.2, 0) is 16.1 Å². The van der Waals surface area contributed by atoms with E-state index in [0.29, 0.717) is 25.8 Å². The standard InChI is InChI=1S/C15H22N2O3/c1-12(19)17(2)11-13-6-5-7-14(10-13)16-15(20)8-3-4-9-18/h5-7,10,18H,3-4,8-9,11H2,1-2H3,(H,16,20). The van der Waals surface area contributed by atoms with Crippen LogP contribution in [0.2, 0.25) is 0 Å². The lowest BCUT2D eigenvalue weighted by Crippen LogP contribution is -2.23. The fraction of sp³-hybridized carbons (Fsp3) is 0.467. The van der Waals surface area contributed by atoms with Crippen LogP contribution in [0.1, 0.15) is 31.7 Å². The molecule has 0 aromatic heterocycles. The number of carbonyl (C=O) groups excluding carboxylic acids is 2. The first-order valence-corrected chi connectivity index (χ1v) is 6.74. The van der Waals surface area contributed by atoms with Gasteiger partial charge in [-0.1, -0.05) is 12.1 Å². The van der Waals surface area contributed by atoms with Gasteiger partial charge in [0.25, 0.3) is 0 Å². The zero-order valence-electron chi connectivity index (χ0n) is 12.1. The molecule has 0 aliphatic rings. The molecule has 5 nitrogen and oxygen atoms in total. The number of hydrogen-bond donors (Lipinski definition) is 2. The van der Waals surface area contributed by atoms with E-state index in [4.69, 9.17) is 5.11 Å². The average Bonchev–Trinajstić information content (AvgIpc) is 2.39. The molecule has 0 atom stereocenters. The van der Waals surface area contributed by atoms with Crippen molar-refractivity contribution in [1.29, 1.82) is 0 Å². The van der Waals surface area contributed by atoms with Crippen LogP contribution in [0.4, 0.5) is 5.69 Å². The third-order valence-corrected chi connectivity index (χ3v) is 2.98. The highest BCUT2D eigenvalue weighted by molar-refractivity contribution is 5.90. The van der Waals surface area contributed by atoms with Crippen molar-refractivity contribution in [3.05, 3.63) is 29.8 Å². The SMILES string of the molecule is CC(=O)N(C)Cc1cccc(NC(=O)CCCCO)c1. The van der Waals surface area contributed by atoms with Crippen molar-refractivity contribution in [2.24, 2.45) is 0 Å². The summed E-state index contributed by atoms with van der Waals surface area (Å²) in [5, 5.41) is 11.5. The number of hydrogen-bond acceptors (Lipinski definition) is 3. The number of nitrogens with one attached hydrogen (secondary N) is 1. The van der Waals surface area contributed by atoms with E-state index >= 15 is 0 Å². The Hall–Kier alpha value is -1.88. The van der Waals surface area contributed by atoms with Gasteiger partial charge in [0.1, 0.15) is 0 Å². The van der Waals surface area contributed by atoms with Crippen molar-refractivity contribution < 1.29 is 14.7 Å². The second kappa shape index (κ2) is 8.32. The Balaban J connectivity index is 2.55. The van der Waals surface area contributed by atoms with Gasteiger partial charge in [-0.05, 0) is 30.5 Å². The number of aliphatic hydroxyl groups is 1. The van der Waals surface area contributed by atoms with Gasteiger partial charge in [0, 0.05) is 39.2 Å². The minimum absolute atomic E-state index is 0.00319. The van der Waals surface area contributed by atoms with Crippen molar-refractivity contribution in [3.8, 4) is 0 Å². The summed E-state index contributed by atoms with van der Waals surface area (Å²) in [4.78, 5) is 24.5. The molecule has 110 valence electrons. The number of rotatable bonds is 7. The van der Waals surface area contributed by atoms with E-state index in [-0.39, 0.29) is 18.4 Å². The van der Waals surface area contributed by atoms with E-state index in [1.54, 1.807) is 11.9 Å². The van der Waals surface area contributed by atoms with Crippen molar-refractivity contribution in [2.45, 2.75) is 32.7 Å². The van der Waals surface area contributed by atoms with E-state index in [1.807, 2.05) is 24.3 Å². The third-order valence-electron chi connectivity index (χ3n) is 2.98. The first kappa shape index (κ1) is 16.2. The molecule has 0 aliphatic heterocycles. The van der Waals surface area contributed by atoms with E-state index in [2.05, 4.69) is 5.32 Å². The van der Waals surface area contributed by atoms with Crippen molar-refractivity contribution in [3.63, 3.8) is 0 Å². The molecule has 0 aliphatic carbocycles. The predicted molar refractivity (Wildman–Crippen MR) is 78.2 cm³/mol. The van der Waals surface area contributed by atoms with E-state index in [9.17, 15) is 9.59 Å². The van der Waals surface area contributed by atoms with Crippen LogP contribution in [0.15, 0.2) is 24.3 Å². The summed E-state index contributed by atoms with van der Waals surface area (Å²) in [5.74, 6) is -0.0565. The number of carbonyl (C=O) groups is 2. The van der Waals surface area contributed by atoms with Gasteiger partial charge >= 0.3 is 0 Å². The molecule has 0 fully saturated rings. The largest absolute Gasteiger partial charge is 0.396 e. The van der Waals surface area contributed by atoms with Crippen molar-refractivity contribution >= 4 is 17.5 Å². The van der Waals surface area contributed by atoms with Crippen molar-refractivity contribution in [2.75, 3.05) is 19.0 Å². The molecule has 2 amide bonds. The van der Waals surface area contributed by atoms with Crippen molar-refractivity contribution in [1.82, 2.24) is 4.90 Å². The fourth-order valence-electron chi connectivity index (χ4n) is 1.75. The number of nitrogens with zero attached hydrogens (tertiary/aromatic N) is 1. The van der Waals surface area contributed by atoms with E-state index < -0.39 is 0 Å². The maximum Gasteiger partial charge on any atom is 0.224 e. The summed E-state index contributed by atoms with van der Waals surface area (Å²) < 4.78 is 0. The number of aliphatic hydroxyl groups excluding tert-OH is 1. The molecule has 1 aromatic carbocycles. The van der Waals surface area contributed by atoms with Gasteiger partial charge in [-0.25, -0.2) is 0 Å². The summed E-state index contributed by atoms with van der Waals surface area (Å²) in [6.07, 6.45) is 1.71. The molecule has 0 saturated heterocycles. The molecule has 0 spiro atoms. The Morgan fingerprint density at radius 3 is 2.70 bits per heavy atom. The zero-order valence-corrected chi connectivity index (χ0v) is 12.1. The van der Waals surface area contributed by atoms with Gasteiger partial charge < -0.3 is 15.3 Å². The highest BCUT2D eigenvalue weighted by Crippen LogP contribution is 2.13.